The van der Waals surface area contributed by atoms with E-state index < -0.39 is 0 Å². The van der Waals surface area contributed by atoms with E-state index in [1.165, 1.54) is 0 Å². The second-order valence-corrected chi connectivity index (χ2v) is 4.26. The van der Waals surface area contributed by atoms with Crippen LogP contribution in [0, 0.1) is 6.92 Å². The zero-order valence-electron chi connectivity index (χ0n) is 9.77. The van der Waals surface area contributed by atoms with Gasteiger partial charge in [-0.2, -0.15) is 0 Å². The van der Waals surface area contributed by atoms with Crippen LogP contribution in [0.2, 0.25) is 5.02 Å². The van der Waals surface area contributed by atoms with Gasteiger partial charge in [-0.05, 0) is 37.6 Å². The molecule has 1 aromatic heterocycles. The Bertz CT molecular complexity index is 465. The maximum atomic E-state index is 5.79. The zero-order valence-corrected chi connectivity index (χ0v) is 10.5. The van der Waals surface area contributed by atoms with E-state index in [9.17, 15) is 0 Å². The van der Waals surface area contributed by atoms with E-state index in [2.05, 4.69) is 9.55 Å². The van der Waals surface area contributed by atoms with Crippen molar-refractivity contribution in [3.05, 3.63) is 47.5 Å². The lowest BCUT2D eigenvalue weighted by molar-refractivity contribution is 0.301. The molecule has 0 amide bonds. The number of nitrogens with zero attached hydrogens (tertiary/aromatic N) is 2. The van der Waals surface area contributed by atoms with Crippen molar-refractivity contribution in [1.29, 1.82) is 0 Å². The van der Waals surface area contributed by atoms with E-state index in [0.717, 1.165) is 29.6 Å². The van der Waals surface area contributed by atoms with Gasteiger partial charge in [0.1, 0.15) is 11.6 Å². The Morgan fingerprint density at radius 2 is 2.06 bits per heavy atom. The number of rotatable bonds is 5. The average molecular weight is 251 g/mol. The fourth-order valence-corrected chi connectivity index (χ4v) is 1.72. The molecule has 0 bridgehead atoms. The lowest BCUT2D eigenvalue weighted by Crippen LogP contribution is -2.05. The number of aryl methyl sites for hydroxylation is 2. The van der Waals surface area contributed by atoms with Gasteiger partial charge < -0.3 is 9.30 Å². The zero-order chi connectivity index (χ0) is 12.1. The minimum absolute atomic E-state index is 0.694. The molecule has 2 rings (SSSR count). The van der Waals surface area contributed by atoms with Gasteiger partial charge in [-0.25, -0.2) is 4.98 Å². The predicted octanol–water partition coefficient (Wildman–Crippen LogP) is 3.31. The van der Waals surface area contributed by atoms with Crippen LogP contribution in [0.15, 0.2) is 36.7 Å². The molecule has 0 spiro atoms. The Morgan fingerprint density at radius 1 is 1.29 bits per heavy atom. The van der Waals surface area contributed by atoms with Gasteiger partial charge in [-0.1, -0.05) is 11.6 Å². The summed E-state index contributed by atoms with van der Waals surface area (Å²) in [5.41, 5.74) is 0. The van der Waals surface area contributed by atoms with Crippen molar-refractivity contribution in [1.82, 2.24) is 9.55 Å². The van der Waals surface area contributed by atoms with Crippen LogP contribution in [0.4, 0.5) is 0 Å². The van der Waals surface area contributed by atoms with Crippen LogP contribution < -0.4 is 4.74 Å². The molecule has 17 heavy (non-hydrogen) atoms. The summed E-state index contributed by atoms with van der Waals surface area (Å²) in [4.78, 5) is 4.17. The minimum Gasteiger partial charge on any atom is -0.494 e. The molecule has 4 heteroatoms. The number of imidazole rings is 1. The molecular weight excluding hydrogens is 236 g/mol. The van der Waals surface area contributed by atoms with E-state index >= 15 is 0 Å². The van der Waals surface area contributed by atoms with Crippen LogP contribution in [0.5, 0.6) is 5.75 Å². The molecule has 0 N–H and O–H groups in total. The molecule has 1 aromatic carbocycles. The number of benzene rings is 1. The van der Waals surface area contributed by atoms with Crippen LogP contribution in [-0.2, 0) is 6.54 Å². The topological polar surface area (TPSA) is 27.1 Å². The smallest absolute Gasteiger partial charge is 0.119 e. The number of halogens is 1. The molecule has 0 aliphatic rings. The van der Waals surface area contributed by atoms with E-state index in [-0.39, 0.29) is 0 Å². The molecular formula is C13H15ClN2O. The van der Waals surface area contributed by atoms with E-state index in [1.54, 1.807) is 0 Å². The summed E-state index contributed by atoms with van der Waals surface area (Å²) in [6.45, 7) is 3.62. The first-order chi connectivity index (χ1) is 8.25. The van der Waals surface area contributed by atoms with Gasteiger partial charge in [0, 0.05) is 24.0 Å². The predicted molar refractivity (Wildman–Crippen MR) is 68.5 cm³/mol. The van der Waals surface area contributed by atoms with Gasteiger partial charge in [-0.3, -0.25) is 0 Å². The van der Waals surface area contributed by atoms with Crippen molar-refractivity contribution >= 4 is 11.6 Å². The summed E-state index contributed by atoms with van der Waals surface area (Å²) in [6, 6.07) is 7.42. The van der Waals surface area contributed by atoms with E-state index in [1.807, 2.05) is 43.6 Å². The quantitative estimate of drug-likeness (QED) is 0.762. The highest BCUT2D eigenvalue weighted by atomic mass is 35.5. The molecule has 0 atom stereocenters. The lowest BCUT2D eigenvalue weighted by atomic mass is 10.3. The fourth-order valence-electron chi connectivity index (χ4n) is 1.60. The summed E-state index contributed by atoms with van der Waals surface area (Å²) in [7, 11) is 0. The minimum atomic E-state index is 0.694. The SMILES string of the molecule is Cc1nccn1CCCOc1ccc(Cl)cc1. The molecule has 0 saturated carbocycles. The number of aromatic nitrogens is 2. The number of hydrogen-bond acceptors (Lipinski definition) is 2. The number of hydrogen-bond donors (Lipinski definition) is 0. The summed E-state index contributed by atoms with van der Waals surface area (Å²) in [5, 5.41) is 0.728. The molecule has 1 heterocycles. The van der Waals surface area contributed by atoms with Crippen molar-refractivity contribution < 1.29 is 4.74 Å². The first kappa shape index (κ1) is 12.0. The molecule has 0 radical (unpaired) electrons. The third kappa shape index (κ3) is 3.49. The summed E-state index contributed by atoms with van der Waals surface area (Å²) >= 11 is 5.79. The fraction of sp³-hybridized carbons (Fsp3) is 0.308. The van der Waals surface area contributed by atoms with Crippen LogP contribution in [0.3, 0.4) is 0 Å². The van der Waals surface area contributed by atoms with Crippen molar-refractivity contribution in [3.63, 3.8) is 0 Å². The Kier molecular flexibility index (Phi) is 4.04. The second-order valence-electron chi connectivity index (χ2n) is 3.82. The second kappa shape index (κ2) is 5.73. The van der Waals surface area contributed by atoms with Crippen LogP contribution in [0.1, 0.15) is 12.2 Å². The van der Waals surface area contributed by atoms with E-state index in [0.29, 0.717) is 6.61 Å². The van der Waals surface area contributed by atoms with Gasteiger partial charge in [0.25, 0.3) is 0 Å². The van der Waals surface area contributed by atoms with Crippen LogP contribution >= 0.6 is 11.6 Å². The Hall–Kier alpha value is -1.48. The maximum absolute atomic E-state index is 5.79. The van der Waals surface area contributed by atoms with Gasteiger partial charge in [0.05, 0.1) is 6.61 Å². The average Bonchev–Trinajstić information content (AvgIpc) is 2.73. The van der Waals surface area contributed by atoms with Crippen molar-refractivity contribution in [3.8, 4) is 5.75 Å². The first-order valence-electron chi connectivity index (χ1n) is 5.62. The van der Waals surface area contributed by atoms with Crippen LogP contribution in [0.25, 0.3) is 0 Å². The molecule has 0 aliphatic carbocycles. The normalized spacial score (nSPS) is 10.5. The highest BCUT2D eigenvalue weighted by Gasteiger charge is 1.97. The molecule has 0 unspecified atom stereocenters. The third-order valence-corrected chi connectivity index (χ3v) is 2.80. The van der Waals surface area contributed by atoms with Gasteiger partial charge >= 0.3 is 0 Å². The van der Waals surface area contributed by atoms with Gasteiger partial charge in [0.2, 0.25) is 0 Å². The molecule has 0 fully saturated rings. The highest BCUT2D eigenvalue weighted by molar-refractivity contribution is 6.30. The number of ether oxygens (including phenoxy) is 1. The third-order valence-electron chi connectivity index (χ3n) is 2.55. The molecule has 2 aromatic rings. The monoisotopic (exact) mass is 250 g/mol. The highest BCUT2D eigenvalue weighted by Crippen LogP contribution is 2.15. The van der Waals surface area contributed by atoms with Gasteiger partial charge in [-0.15, -0.1) is 0 Å². The van der Waals surface area contributed by atoms with Crippen molar-refractivity contribution in [2.24, 2.45) is 0 Å². The summed E-state index contributed by atoms with van der Waals surface area (Å²) < 4.78 is 7.72. The largest absolute Gasteiger partial charge is 0.494 e. The summed E-state index contributed by atoms with van der Waals surface area (Å²) in [5.74, 6) is 1.90. The van der Waals surface area contributed by atoms with Crippen molar-refractivity contribution in [2.45, 2.75) is 19.9 Å². The van der Waals surface area contributed by atoms with Crippen LogP contribution in [-0.4, -0.2) is 16.2 Å². The molecule has 0 aliphatic heterocycles. The maximum Gasteiger partial charge on any atom is 0.119 e. The molecule has 90 valence electrons. The summed E-state index contributed by atoms with van der Waals surface area (Å²) in [6.07, 6.45) is 4.76. The van der Waals surface area contributed by atoms with Gasteiger partial charge in [0.15, 0.2) is 0 Å². The van der Waals surface area contributed by atoms with Crippen molar-refractivity contribution in [2.75, 3.05) is 6.61 Å². The Labute approximate surface area is 106 Å². The first-order valence-corrected chi connectivity index (χ1v) is 5.99. The Morgan fingerprint density at radius 3 is 2.71 bits per heavy atom. The van der Waals surface area contributed by atoms with E-state index in [4.69, 9.17) is 16.3 Å². The Balaban J connectivity index is 1.73. The molecule has 0 saturated heterocycles. The standard InChI is InChI=1S/C13H15ClN2O/c1-11-15-7-9-16(11)8-2-10-17-13-5-3-12(14)4-6-13/h3-7,9H,2,8,10H2,1H3. The molecule has 3 nitrogen and oxygen atoms in total. The lowest BCUT2D eigenvalue weighted by Gasteiger charge is -2.07.